The molecule has 1 nitrogen and oxygen atoms in total. The maximum atomic E-state index is 15.1. The van der Waals surface area contributed by atoms with Crippen molar-refractivity contribution in [2.75, 3.05) is 6.61 Å². The lowest BCUT2D eigenvalue weighted by Crippen LogP contribution is -2.20. The van der Waals surface area contributed by atoms with Gasteiger partial charge >= 0.3 is 0 Å². The zero-order chi connectivity index (χ0) is 26.2. The molecular weight excluding hydrogens is 469 g/mol. The first-order valence-corrected chi connectivity index (χ1v) is 14.0. The van der Waals surface area contributed by atoms with Crippen LogP contribution in [0.25, 0.3) is 22.3 Å². The number of aryl methyl sites for hydroxylation is 1. The Morgan fingerprint density at radius 2 is 1.41 bits per heavy atom. The van der Waals surface area contributed by atoms with Gasteiger partial charge in [0.1, 0.15) is 5.82 Å². The number of hydrogen-bond donors (Lipinski definition) is 0. The molecule has 1 aliphatic heterocycles. The molecule has 1 heterocycles. The Hall–Kier alpha value is -2.59. The first-order chi connectivity index (χ1) is 18.0. The van der Waals surface area contributed by atoms with E-state index in [0.29, 0.717) is 34.6 Å². The topological polar surface area (TPSA) is 9.23 Å². The first-order valence-electron chi connectivity index (χ1n) is 14.0. The van der Waals surface area contributed by atoms with Gasteiger partial charge in [0.25, 0.3) is 0 Å². The minimum Gasteiger partial charge on any atom is -0.373 e. The number of benzene rings is 3. The van der Waals surface area contributed by atoms with Crippen LogP contribution in [-0.2, 0) is 11.2 Å². The fourth-order valence-electron chi connectivity index (χ4n) is 5.35. The van der Waals surface area contributed by atoms with Crippen LogP contribution in [-0.4, -0.2) is 6.61 Å². The zero-order valence-electron chi connectivity index (χ0n) is 22.2. The van der Waals surface area contributed by atoms with E-state index >= 15 is 4.39 Å². The molecule has 4 rings (SSSR count). The Morgan fingerprint density at radius 1 is 0.730 bits per heavy atom. The highest BCUT2D eigenvalue weighted by Crippen LogP contribution is 2.35. The Balaban J connectivity index is 1.42. The monoisotopic (exact) mass is 508 g/mol. The lowest BCUT2D eigenvalue weighted by atomic mass is 9.90. The molecule has 0 bridgehead atoms. The SMILES string of the molecule is CCCCCc1ccc(-c2ccc(-c3ccc(C4CCC(CCCCC)CO4)cc3F)cc2)c(F)c1F. The average Bonchev–Trinajstić information content (AvgIpc) is 2.92. The van der Waals surface area contributed by atoms with E-state index < -0.39 is 11.6 Å². The minimum absolute atomic E-state index is 0.0591. The molecule has 37 heavy (non-hydrogen) atoms. The van der Waals surface area contributed by atoms with Crippen molar-refractivity contribution in [1.29, 1.82) is 0 Å². The Labute approximate surface area is 220 Å². The van der Waals surface area contributed by atoms with E-state index in [1.165, 1.54) is 25.7 Å². The molecule has 4 heteroatoms. The lowest BCUT2D eigenvalue weighted by molar-refractivity contribution is -0.0200. The van der Waals surface area contributed by atoms with Crippen molar-refractivity contribution in [2.24, 2.45) is 5.92 Å². The molecule has 3 aromatic carbocycles. The van der Waals surface area contributed by atoms with Crippen LogP contribution in [0, 0.1) is 23.4 Å². The fourth-order valence-corrected chi connectivity index (χ4v) is 5.35. The van der Waals surface area contributed by atoms with Gasteiger partial charge in [-0.1, -0.05) is 94.5 Å². The highest BCUT2D eigenvalue weighted by Gasteiger charge is 2.23. The maximum absolute atomic E-state index is 15.1. The number of unbranched alkanes of at least 4 members (excludes halogenated alkanes) is 4. The summed E-state index contributed by atoms with van der Waals surface area (Å²) in [6, 6.07) is 15.6. The summed E-state index contributed by atoms with van der Waals surface area (Å²) in [7, 11) is 0. The summed E-state index contributed by atoms with van der Waals surface area (Å²) in [5.41, 5.74) is 3.28. The maximum Gasteiger partial charge on any atom is 0.166 e. The molecule has 1 aliphatic rings. The first kappa shape index (κ1) is 27.4. The molecule has 0 radical (unpaired) electrons. The number of rotatable bonds is 11. The van der Waals surface area contributed by atoms with Gasteiger partial charge in [-0.15, -0.1) is 0 Å². The van der Waals surface area contributed by atoms with Gasteiger partial charge in [-0.05, 0) is 66.3 Å². The number of halogens is 3. The van der Waals surface area contributed by atoms with E-state index in [4.69, 9.17) is 4.74 Å². The zero-order valence-corrected chi connectivity index (χ0v) is 22.2. The van der Waals surface area contributed by atoms with Crippen LogP contribution in [0.1, 0.15) is 88.9 Å². The fraction of sp³-hybridized carbons (Fsp3) is 0.455. The van der Waals surface area contributed by atoms with Crippen LogP contribution in [0.3, 0.4) is 0 Å². The summed E-state index contributed by atoms with van der Waals surface area (Å²) >= 11 is 0. The highest BCUT2D eigenvalue weighted by atomic mass is 19.2. The Bertz CT molecular complexity index is 1150. The largest absolute Gasteiger partial charge is 0.373 e. The summed E-state index contributed by atoms with van der Waals surface area (Å²) in [5.74, 6) is -1.28. The third kappa shape index (κ3) is 6.84. The second kappa shape index (κ2) is 13.3. The number of hydrogen-bond acceptors (Lipinski definition) is 1. The van der Waals surface area contributed by atoms with E-state index in [1.54, 1.807) is 48.5 Å². The average molecular weight is 509 g/mol. The van der Waals surface area contributed by atoms with E-state index in [-0.39, 0.29) is 17.5 Å². The van der Waals surface area contributed by atoms with E-state index in [1.807, 2.05) is 6.07 Å². The molecule has 0 aromatic heterocycles. The van der Waals surface area contributed by atoms with Crippen molar-refractivity contribution in [3.63, 3.8) is 0 Å². The Kier molecular flexibility index (Phi) is 9.85. The lowest BCUT2D eigenvalue weighted by Gasteiger charge is -2.29. The molecular formula is C33H39F3O. The summed E-state index contributed by atoms with van der Waals surface area (Å²) in [6.45, 7) is 5.05. The molecule has 2 unspecified atom stereocenters. The van der Waals surface area contributed by atoms with Gasteiger partial charge in [0.05, 0.1) is 12.7 Å². The van der Waals surface area contributed by atoms with Crippen molar-refractivity contribution in [3.8, 4) is 22.3 Å². The minimum atomic E-state index is -0.822. The Morgan fingerprint density at radius 3 is 2.05 bits per heavy atom. The van der Waals surface area contributed by atoms with Gasteiger partial charge in [0.15, 0.2) is 11.6 Å². The van der Waals surface area contributed by atoms with Gasteiger partial charge in [0, 0.05) is 11.1 Å². The van der Waals surface area contributed by atoms with Gasteiger partial charge in [-0.2, -0.15) is 0 Å². The van der Waals surface area contributed by atoms with Crippen molar-refractivity contribution in [3.05, 3.63) is 83.2 Å². The van der Waals surface area contributed by atoms with Crippen LogP contribution >= 0.6 is 0 Å². The predicted octanol–water partition coefficient (Wildman–Crippen LogP) is 10.2. The highest BCUT2D eigenvalue weighted by molar-refractivity contribution is 5.71. The summed E-state index contributed by atoms with van der Waals surface area (Å²) in [6.07, 6.45) is 10.4. The molecule has 0 amide bonds. The molecule has 0 saturated carbocycles. The second-order valence-electron chi connectivity index (χ2n) is 10.4. The normalized spacial score (nSPS) is 17.8. The smallest absolute Gasteiger partial charge is 0.166 e. The summed E-state index contributed by atoms with van der Waals surface area (Å²) < 4.78 is 50.7. The molecule has 0 aliphatic carbocycles. The van der Waals surface area contributed by atoms with Crippen molar-refractivity contribution < 1.29 is 17.9 Å². The van der Waals surface area contributed by atoms with Crippen LogP contribution in [0.2, 0.25) is 0 Å². The van der Waals surface area contributed by atoms with Crippen molar-refractivity contribution >= 4 is 0 Å². The number of ether oxygens (including phenoxy) is 1. The standard InChI is InChI=1S/C33H39F3O/c1-3-5-7-9-23-11-20-31(37-22-23)27-17-18-28(30(34)21-27)24-12-14-25(15-13-24)29-19-16-26(10-8-6-4-2)32(35)33(29)36/h12-19,21,23,31H,3-11,20,22H2,1-2H3. The quantitative estimate of drug-likeness (QED) is 0.234. The predicted molar refractivity (Wildman–Crippen MR) is 146 cm³/mol. The summed E-state index contributed by atoms with van der Waals surface area (Å²) in [5, 5.41) is 0. The van der Waals surface area contributed by atoms with Crippen LogP contribution in [0.5, 0.6) is 0 Å². The van der Waals surface area contributed by atoms with E-state index in [9.17, 15) is 8.78 Å². The third-order valence-corrected chi connectivity index (χ3v) is 7.67. The third-order valence-electron chi connectivity index (χ3n) is 7.67. The molecule has 0 N–H and O–H groups in total. The van der Waals surface area contributed by atoms with Gasteiger partial charge < -0.3 is 4.74 Å². The molecule has 2 atom stereocenters. The van der Waals surface area contributed by atoms with Gasteiger partial charge in [-0.3, -0.25) is 0 Å². The van der Waals surface area contributed by atoms with Crippen LogP contribution in [0.4, 0.5) is 13.2 Å². The molecule has 198 valence electrons. The van der Waals surface area contributed by atoms with Crippen molar-refractivity contribution in [2.45, 2.75) is 84.2 Å². The van der Waals surface area contributed by atoms with Gasteiger partial charge in [-0.25, -0.2) is 13.2 Å². The molecule has 1 fully saturated rings. The van der Waals surface area contributed by atoms with Crippen molar-refractivity contribution in [1.82, 2.24) is 0 Å². The van der Waals surface area contributed by atoms with E-state index in [0.717, 1.165) is 44.3 Å². The molecule has 3 aromatic rings. The molecule has 1 saturated heterocycles. The second-order valence-corrected chi connectivity index (χ2v) is 10.4. The van der Waals surface area contributed by atoms with E-state index in [2.05, 4.69) is 13.8 Å². The van der Waals surface area contributed by atoms with Crippen LogP contribution in [0.15, 0.2) is 54.6 Å². The molecule has 0 spiro atoms. The summed E-state index contributed by atoms with van der Waals surface area (Å²) in [4.78, 5) is 0. The van der Waals surface area contributed by atoms with Gasteiger partial charge in [0.2, 0.25) is 0 Å². The van der Waals surface area contributed by atoms with Crippen LogP contribution < -0.4 is 0 Å².